The fraction of sp³-hybridized carbons (Fsp3) is 0.167. The molecular formula is C18H16ClN3O2. The number of rotatable bonds is 4. The van der Waals surface area contributed by atoms with Crippen LogP contribution in [0, 0.1) is 13.8 Å². The van der Waals surface area contributed by atoms with Crippen molar-refractivity contribution < 1.29 is 9.21 Å². The number of carbonyl (C=O) groups excluding carboxylic acids is 1. The van der Waals surface area contributed by atoms with Crippen molar-refractivity contribution in [2.75, 3.05) is 0 Å². The lowest BCUT2D eigenvalue weighted by atomic mass is 10.1. The summed E-state index contributed by atoms with van der Waals surface area (Å²) in [6.45, 7) is 4.16. The first kappa shape index (κ1) is 16.2. The fourth-order valence-electron chi connectivity index (χ4n) is 2.17. The molecule has 3 aromatic rings. The zero-order valence-electron chi connectivity index (χ0n) is 13.3. The van der Waals surface area contributed by atoms with Crippen LogP contribution in [-0.4, -0.2) is 16.1 Å². The third-order valence-corrected chi connectivity index (χ3v) is 3.98. The van der Waals surface area contributed by atoms with E-state index in [1.165, 1.54) is 0 Å². The molecule has 1 aromatic heterocycles. The van der Waals surface area contributed by atoms with Gasteiger partial charge >= 0.3 is 0 Å². The highest BCUT2D eigenvalue weighted by Crippen LogP contribution is 2.20. The zero-order valence-corrected chi connectivity index (χ0v) is 14.1. The minimum absolute atomic E-state index is 0.173. The van der Waals surface area contributed by atoms with Crippen LogP contribution < -0.4 is 5.32 Å². The number of nitrogens with zero attached hydrogens (tertiary/aromatic N) is 2. The summed E-state index contributed by atoms with van der Waals surface area (Å²) in [6.07, 6.45) is 0. The molecule has 0 aliphatic carbocycles. The Bertz CT molecular complexity index is 872. The standard InChI is InChI=1S/C18H16ClN3O2/c1-11-3-4-14(9-12(11)2)17(23)20-10-16-21-22-18(24-16)13-5-7-15(19)8-6-13/h3-9H,10H2,1-2H3,(H,20,23). The SMILES string of the molecule is Cc1ccc(C(=O)NCc2nnc(-c3ccc(Cl)cc3)o2)cc1C. The summed E-state index contributed by atoms with van der Waals surface area (Å²) in [4.78, 5) is 12.2. The van der Waals surface area contributed by atoms with Crippen LogP contribution in [0.3, 0.4) is 0 Å². The van der Waals surface area contributed by atoms with Gasteiger partial charge < -0.3 is 9.73 Å². The molecule has 0 fully saturated rings. The number of hydrogen-bond donors (Lipinski definition) is 1. The van der Waals surface area contributed by atoms with E-state index < -0.39 is 0 Å². The van der Waals surface area contributed by atoms with Gasteiger partial charge in [0, 0.05) is 16.1 Å². The van der Waals surface area contributed by atoms with E-state index in [1.807, 2.05) is 26.0 Å². The van der Waals surface area contributed by atoms with E-state index in [-0.39, 0.29) is 12.5 Å². The van der Waals surface area contributed by atoms with Crippen LogP contribution in [0.1, 0.15) is 27.4 Å². The lowest BCUT2D eigenvalue weighted by molar-refractivity contribution is 0.0947. The van der Waals surface area contributed by atoms with Gasteiger partial charge in [-0.15, -0.1) is 10.2 Å². The van der Waals surface area contributed by atoms with Crippen LogP contribution in [0.2, 0.25) is 5.02 Å². The summed E-state index contributed by atoms with van der Waals surface area (Å²) in [5.41, 5.74) is 3.61. The van der Waals surface area contributed by atoms with Gasteiger partial charge in [-0.05, 0) is 61.4 Å². The third-order valence-electron chi connectivity index (χ3n) is 3.73. The van der Waals surface area contributed by atoms with E-state index in [0.29, 0.717) is 22.4 Å². The van der Waals surface area contributed by atoms with Crippen molar-refractivity contribution >= 4 is 17.5 Å². The first-order chi connectivity index (χ1) is 11.5. The largest absolute Gasteiger partial charge is 0.419 e. The molecular weight excluding hydrogens is 326 g/mol. The Labute approximate surface area is 144 Å². The minimum atomic E-state index is -0.177. The number of hydrogen-bond acceptors (Lipinski definition) is 4. The second kappa shape index (κ2) is 6.84. The highest BCUT2D eigenvalue weighted by Gasteiger charge is 2.11. The Morgan fingerprint density at radius 1 is 1.08 bits per heavy atom. The van der Waals surface area contributed by atoms with Crippen LogP contribution in [0.25, 0.3) is 11.5 Å². The van der Waals surface area contributed by atoms with E-state index in [1.54, 1.807) is 30.3 Å². The van der Waals surface area contributed by atoms with Gasteiger partial charge in [0.15, 0.2) is 0 Å². The molecule has 1 N–H and O–H groups in total. The van der Waals surface area contributed by atoms with E-state index in [9.17, 15) is 4.79 Å². The molecule has 24 heavy (non-hydrogen) atoms. The fourth-order valence-corrected chi connectivity index (χ4v) is 2.30. The van der Waals surface area contributed by atoms with Gasteiger partial charge in [-0.1, -0.05) is 17.7 Å². The molecule has 0 bridgehead atoms. The summed E-state index contributed by atoms with van der Waals surface area (Å²) >= 11 is 5.85. The number of amides is 1. The van der Waals surface area contributed by atoms with Gasteiger partial charge in [-0.2, -0.15) is 0 Å². The Balaban J connectivity index is 1.65. The normalized spacial score (nSPS) is 10.6. The quantitative estimate of drug-likeness (QED) is 0.780. The Kier molecular flexibility index (Phi) is 4.62. The van der Waals surface area contributed by atoms with Crippen molar-refractivity contribution in [3.05, 3.63) is 70.1 Å². The van der Waals surface area contributed by atoms with Crippen LogP contribution in [0.4, 0.5) is 0 Å². The van der Waals surface area contributed by atoms with Gasteiger partial charge in [-0.25, -0.2) is 0 Å². The Hall–Kier alpha value is -2.66. The third kappa shape index (κ3) is 3.63. The second-order valence-electron chi connectivity index (χ2n) is 5.49. The topological polar surface area (TPSA) is 68.0 Å². The minimum Gasteiger partial charge on any atom is -0.419 e. The maximum atomic E-state index is 12.2. The maximum Gasteiger partial charge on any atom is 0.251 e. The number of carbonyl (C=O) groups is 1. The Morgan fingerprint density at radius 2 is 1.83 bits per heavy atom. The number of aryl methyl sites for hydroxylation is 2. The van der Waals surface area contributed by atoms with Gasteiger partial charge in [0.2, 0.25) is 11.8 Å². The molecule has 0 spiro atoms. The number of halogens is 1. The molecule has 0 aliphatic rings. The molecule has 1 heterocycles. The van der Waals surface area contributed by atoms with Crippen LogP contribution in [0.5, 0.6) is 0 Å². The molecule has 0 saturated carbocycles. The number of benzene rings is 2. The van der Waals surface area contributed by atoms with Gasteiger partial charge in [-0.3, -0.25) is 4.79 Å². The van der Waals surface area contributed by atoms with E-state index in [2.05, 4.69) is 15.5 Å². The van der Waals surface area contributed by atoms with E-state index >= 15 is 0 Å². The van der Waals surface area contributed by atoms with E-state index in [0.717, 1.165) is 16.7 Å². The van der Waals surface area contributed by atoms with Crippen molar-refractivity contribution in [1.29, 1.82) is 0 Å². The molecule has 5 nitrogen and oxygen atoms in total. The highest BCUT2D eigenvalue weighted by atomic mass is 35.5. The highest BCUT2D eigenvalue weighted by molar-refractivity contribution is 6.30. The molecule has 6 heteroatoms. The lowest BCUT2D eigenvalue weighted by Crippen LogP contribution is -2.23. The molecule has 0 unspecified atom stereocenters. The molecule has 0 atom stereocenters. The predicted octanol–water partition coefficient (Wildman–Crippen LogP) is 3.94. The molecule has 3 rings (SSSR count). The zero-order chi connectivity index (χ0) is 17.1. The molecule has 122 valence electrons. The van der Waals surface area contributed by atoms with Gasteiger partial charge in [0.1, 0.15) is 0 Å². The van der Waals surface area contributed by atoms with Crippen molar-refractivity contribution in [2.24, 2.45) is 0 Å². The Morgan fingerprint density at radius 3 is 2.54 bits per heavy atom. The monoisotopic (exact) mass is 341 g/mol. The molecule has 1 amide bonds. The van der Waals surface area contributed by atoms with Gasteiger partial charge in [0.25, 0.3) is 5.91 Å². The molecule has 2 aromatic carbocycles. The van der Waals surface area contributed by atoms with Crippen LogP contribution >= 0.6 is 11.6 Å². The summed E-state index contributed by atoms with van der Waals surface area (Å²) in [6, 6.07) is 12.7. The van der Waals surface area contributed by atoms with Crippen LogP contribution in [0.15, 0.2) is 46.9 Å². The first-order valence-corrected chi connectivity index (χ1v) is 7.84. The molecule has 0 aliphatic heterocycles. The second-order valence-corrected chi connectivity index (χ2v) is 5.93. The van der Waals surface area contributed by atoms with Crippen molar-refractivity contribution in [3.8, 4) is 11.5 Å². The first-order valence-electron chi connectivity index (χ1n) is 7.47. The summed E-state index contributed by atoms with van der Waals surface area (Å²) < 4.78 is 5.56. The maximum absolute atomic E-state index is 12.2. The number of aromatic nitrogens is 2. The predicted molar refractivity (Wildman–Crippen MR) is 91.8 cm³/mol. The molecule has 0 radical (unpaired) electrons. The van der Waals surface area contributed by atoms with Gasteiger partial charge in [0.05, 0.1) is 6.54 Å². The van der Waals surface area contributed by atoms with Crippen molar-refractivity contribution in [2.45, 2.75) is 20.4 Å². The summed E-state index contributed by atoms with van der Waals surface area (Å²) in [5, 5.41) is 11.3. The lowest BCUT2D eigenvalue weighted by Gasteiger charge is -2.05. The van der Waals surface area contributed by atoms with Crippen molar-refractivity contribution in [3.63, 3.8) is 0 Å². The average molecular weight is 342 g/mol. The summed E-state index contributed by atoms with van der Waals surface area (Å²) in [5.74, 6) is 0.559. The van der Waals surface area contributed by atoms with E-state index in [4.69, 9.17) is 16.0 Å². The van der Waals surface area contributed by atoms with Crippen LogP contribution in [-0.2, 0) is 6.54 Å². The van der Waals surface area contributed by atoms with Crippen molar-refractivity contribution in [1.82, 2.24) is 15.5 Å². The molecule has 0 saturated heterocycles. The number of nitrogens with one attached hydrogen (secondary N) is 1. The average Bonchev–Trinajstić information content (AvgIpc) is 3.05. The summed E-state index contributed by atoms with van der Waals surface area (Å²) in [7, 11) is 0. The smallest absolute Gasteiger partial charge is 0.251 e.